The molecule has 0 atom stereocenters. The first-order valence-corrected chi connectivity index (χ1v) is 7.78. The first-order valence-electron chi connectivity index (χ1n) is 6.90. The van der Waals surface area contributed by atoms with Crippen LogP contribution in [0.5, 0.6) is 0 Å². The molecule has 4 rings (SSSR count). The molecule has 0 aliphatic carbocycles. The van der Waals surface area contributed by atoms with Gasteiger partial charge in [0.15, 0.2) is 5.65 Å². The van der Waals surface area contributed by atoms with E-state index in [2.05, 4.69) is 25.4 Å². The summed E-state index contributed by atoms with van der Waals surface area (Å²) in [6.45, 7) is 0.0246. The fourth-order valence-corrected chi connectivity index (χ4v) is 2.81. The molecule has 114 valence electrons. The number of aliphatic hydroxyl groups excluding tert-OH is 1. The zero-order chi connectivity index (χ0) is 15.6. The molecule has 3 heterocycles. The molecule has 8 heteroatoms. The predicted octanol–water partition coefficient (Wildman–Crippen LogP) is 2.48. The van der Waals surface area contributed by atoms with Crippen molar-refractivity contribution in [2.24, 2.45) is 0 Å². The van der Waals surface area contributed by atoms with Gasteiger partial charge in [0.25, 0.3) is 0 Å². The van der Waals surface area contributed by atoms with Crippen LogP contribution in [0.4, 0.5) is 11.6 Å². The van der Waals surface area contributed by atoms with E-state index < -0.39 is 0 Å². The Labute approximate surface area is 135 Å². The van der Waals surface area contributed by atoms with Gasteiger partial charge in [-0.05, 0) is 17.7 Å². The Bertz CT molecular complexity index is 932. The molecule has 0 aliphatic heterocycles. The number of hydrogen-bond donors (Lipinski definition) is 2. The number of anilines is 2. The van der Waals surface area contributed by atoms with Crippen molar-refractivity contribution >= 4 is 28.6 Å². The number of hydrogen-bond acceptors (Lipinski definition) is 7. The van der Waals surface area contributed by atoms with Crippen LogP contribution in [0, 0.1) is 0 Å². The summed E-state index contributed by atoms with van der Waals surface area (Å²) in [7, 11) is 0. The summed E-state index contributed by atoms with van der Waals surface area (Å²) in [6.07, 6.45) is 5.21. The molecule has 0 spiro atoms. The molecule has 0 fully saturated rings. The summed E-state index contributed by atoms with van der Waals surface area (Å²) in [5.41, 5.74) is 4.90. The minimum Gasteiger partial charge on any atom is -0.392 e. The molecule has 3 aromatic heterocycles. The molecule has 0 unspecified atom stereocenters. The highest BCUT2D eigenvalue weighted by atomic mass is 32.1. The smallest absolute Gasteiger partial charge is 0.247 e. The summed E-state index contributed by atoms with van der Waals surface area (Å²) >= 11 is 1.51. The Hall–Kier alpha value is -2.84. The lowest BCUT2D eigenvalue weighted by molar-refractivity contribution is 0.282. The average molecular weight is 324 g/mol. The van der Waals surface area contributed by atoms with Crippen LogP contribution in [0.1, 0.15) is 5.56 Å². The van der Waals surface area contributed by atoms with Crippen LogP contribution in [0.3, 0.4) is 0 Å². The topological polar surface area (TPSA) is 88.2 Å². The van der Waals surface area contributed by atoms with Gasteiger partial charge in [-0.25, -0.2) is 9.50 Å². The zero-order valence-corrected chi connectivity index (χ0v) is 12.7. The maximum Gasteiger partial charge on any atom is 0.247 e. The molecule has 0 saturated heterocycles. The lowest BCUT2D eigenvalue weighted by atomic mass is 10.2. The van der Waals surface area contributed by atoms with Gasteiger partial charge in [0, 0.05) is 24.3 Å². The van der Waals surface area contributed by atoms with E-state index in [0.29, 0.717) is 11.6 Å². The van der Waals surface area contributed by atoms with Gasteiger partial charge in [0.2, 0.25) is 5.95 Å². The highest BCUT2D eigenvalue weighted by molar-refractivity contribution is 7.13. The molecular weight excluding hydrogens is 312 g/mol. The number of fused-ring (bicyclic) bond motifs is 1. The second kappa shape index (κ2) is 5.75. The van der Waals surface area contributed by atoms with Crippen LogP contribution in [0.15, 0.2) is 48.4 Å². The molecule has 0 radical (unpaired) electrons. The predicted molar refractivity (Wildman–Crippen MR) is 87.5 cm³/mol. The lowest BCUT2D eigenvalue weighted by Gasteiger charge is -2.02. The van der Waals surface area contributed by atoms with Crippen molar-refractivity contribution in [3.05, 3.63) is 53.9 Å². The molecule has 0 bridgehead atoms. The van der Waals surface area contributed by atoms with Gasteiger partial charge < -0.3 is 10.4 Å². The highest BCUT2D eigenvalue weighted by Gasteiger charge is 2.12. The molecule has 4 aromatic rings. The van der Waals surface area contributed by atoms with Crippen LogP contribution in [0.2, 0.25) is 0 Å². The Morgan fingerprint density at radius 1 is 1.22 bits per heavy atom. The van der Waals surface area contributed by atoms with E-state index in [-0.39, 0.29) is 6.61 Å². The quantitative estimate of drug-likeness (QED) is 0.599. The molecule has 23 heavy (non-hydrogen) atoms. The first-order chi connectivity index (χ1) is 11.3. The standard InChI is InChI=1S/C15H12N6OS/c22-8-10-1-3-11(4-2-10)18-15-19-14-13(12-7-16-9-23-12)17-5-6-21(14)20-15/h1-7,9,22H,8H2,(H,18,20). The number of aromatic nitrogens is 5. The van der Waals surface area contributed by atoms with Gasteiger partial charge >= 0.3 is 0 Å². The van der Waals surface area contributed by atoms with E-state index in [0.717, 1.165) is 21.8 Å². The van der Waals surface area contributed by atoms with Gasteiger partial charge in [-0.3, -0.25) is 4.98 Å². The molecule has 2 N–H and O–H groups in total. The van der Waals surface area contributed by atoms with E-state index in [4.69, 9.17) is 5.11 Å². The summed E-state index contributed by atoms with van der Waals surface area (Å²) < 4.78 is 1.69. The fraction of sp³-hybridized carbons (Fsp3) is 0.0667. The molecule has 0 amide bonds. The number of benzene rings is 1. The Morgan fingerprint density at radius 3 is 2.83 bits per heavy atom. The lowest BCUT2D eigenvalue weighted by Crippen LogP contribution is -1.93. The second-order valence-corrected chi connectivity index (χ2v) is 5.71. The van der Waals surface area contributed by atoms with Crippen LogP contribution >= 0.6 is 11.3 Å². The first kappa shape index (κ1) is 13.8. The van der Waals surface area contributed by atoms with Crippen molar-refractivity contribution in [2.75, 3.05) is 5.32 Å². The minimum atomic E-state index is 0.0246. The van der Waals surface area contributed by atoms with Crippen LogP contribution in [-0.2, 0) is 6.61 Å². The van der Waals surface area contributed by atoms with Crippen LogP contribution in [-0.4, -0.2) is 29.7 Å². The third-order valence-corrected chi connectivity index (χ3v) is 4.09. The molecular formula is C15H12N6OS. The summed E-state index contributed by atoms with van der Waals surface area (Å²) in [5, 5.41) is 16.6. The Balaban J connectivity index is 1.70. The third-order valence-electron chi connectivity index (χ3n) is 3.31. The van der Waals surface area contributed by atoms with E-state index in [1.165, 1.54) is 11.3 Å². The van der Waals surface area contributed by atoms with E-state index in [9.17, 15) is 0 Å². The fourth-order valence-electron chi connectivity index (χ4n) is 2.20. The molecule has 7 nitrogen and oxygen atoms in total. The van der Waals surface area contributed by atoms with Gasteiger partial charge in [-0.15, -0.1) is 16.4 Å². The largest absolute Gasteiger partial charge is 0.392 e. The van der Waals surface area contributed by atoms with Crippen LogP contribution in [0.25, 0.3) is 16.2 Å². The Morgan fingerprint density at radius 2 is 2.09 bits per heavy atom. The maximum atomic E-state index is 9.08. The van der Waals surface area contributed by atoms with Crippen molar-refractivity contribution in [1.29, 1.82) is 0 Å². The van der Waals surface area contributed by atoms with Crippen molar-refractivity contribution in [3.8, 4) is 10.6 Å². The van der Waals surface area contributed by atoms with Gasteiger partial charge in [0.1, 0.15) is 5.69 Å². The highest BCUT2D eigenvalue weighted by Crippen LogP contribution is 2.25. The van der Waals surface area contributed by atoms with Crippen molar-refractivity contribution in [1.82, 2.24) is 24.6 Å². The van der Waals surface area contributed by atoms with E-state index in [1.54, 1.807) is 28.6 Å². The SMILES string of the molecule is OCc1ccc(Nc2nc3c(-c4cncs4)nccn3n2)cc1. The molecule has 1 aromatic carbocycles. The van der Waals surface area contributed by atoms with Crippen molar-refractivity contribution in [2.45, 2.75) is 6.61 Å². The summed E-state index contributed by atoms with van der Waals surface area (Å²) in [6, 6.07) is 7.45. The molecule has 0 saturated carbocycles. The summed E-state index contributed by atoms with van der Waals surface area (Å²) in [5.74, 6) is 0.487. The van der Waals surface area contributed by atoms with Crippen LogP contribution < -0.4 is 5.32 Å². The Kier molecular flexibility index (Phi) is 3.45. The monoisotopic (exact) mass is 324 g/mol. The number of aliphatic hydroxyl groups is 1. The third kappa shape index (κ3) is 2.65. The number of rotatable bonds is 4. The minimum absolute atomic E-state index is 0.0246. The van der Waals surface area contributed by atoms with Gasteiger partial charge in [-0.1, -0.05) is 12.1 Å². The normalized spacial score (nSPS) is 11.0. The van der Waals surface area contributed by atoms with E-state index >= 15 is 0 Å². The number of thiazole rings is 1. The number of nitrogens with zero attached hydrogens (tertiary/aromatic N) is 5. The van der Waals surface area contributed by atoms with Gasteiger partial charge in [-0.2, -0.15) is 4.98 Å². The summed E-state index contributed by atoms with van der Waals surface area (Å²) in [4.78, 5) is 13.9. The number of nitrogens with one attached hydrogen (secondary N) is 1. The van der Waals surface area contributed by atoms with Crippen molar-refractivity contribution < 1.29 is 5.11 Å². The van der Waals surface area contributed by atoms with Gasteiger partial charge in [0.05, 0.1) is 17.0 Å². The maximum absolute atomic E-state index is 9.08. The average Bonchev–Trinajstić information content (AvgIpc) is 3.24. The van der Waals surface area contributed by atoms with Crippen molar-refractivity contribution in [3.63, 3.8) is 0 Å². The second-order valence-electron chi connectivity index (χ2n) is 4.83. The van der Waals surface area contributed by atoms with E-state index in [1.807, 2.05) is 24.3 Å². The zero-order valence-electron chi connectivity index (χ0n) is 11.9. The molecule has 0 aliphatic rings.